The number of furan rings is 1. The van der Waals surface area contributed by atoms with Gasteiger partial charge >= 0.3 is 0 Å². The van der Waals surface area contributed by atoms with E-state index in [4.69, 9.17) is 4.42 Å². The fourth-order valence-electron chi connectivity index (χ4n) is 9.58. The first-order valence-corrected chi connectivity index (χ1v) is 20.6. The maximum Gasteiger partial charge on any atom is 0.137 e. The smallest absolute Gasteiger partial charge is 0.137 e. The highest BCUT2D eigenvalue weighted by atomic mass is 16.3. The van der Waals surface area contributed by atoms with Crippen molar-refractivity contribution in [2.75, 3.05) is 4.90 Å². The third-order valence-electron chi connectivity index (χ3n) is 12.2. The highest BCUT2D eigenvalue weighted by Gasteiger charge is 2.23. The molecule has 0 aliphatic heterocycles. The molecule has 0 fully saturated rings. The minimum Gasteiger partial charge on any atom is -0.456 e. The predicted molar refractivity (Wildman–Crippen MR) is 255 cm³/mol. The van der Waals surface area contributed by atoms with Gasteiger partial charge in [0.1, 0.15) is 11.2 Å². The lowest BCUT2D eigenvalue weighted by molar-refractivity contribution is 0.669. The van der Waals surface area contributed by atoms with E-state index in [2.05, 4.69) is 223 Å². The zero-order chi connectivity index (χ0) is 39.6. The van der Waals surface area contributed by atoms with Gasteiger partial charge in [-0.15, -0.1) is 0 Å². The standard InChI is InChI=1S/C58H37NO/c1-3-16-39(17-4-1)56-49-25-12-11-23-46(49)48-35-34-43(37-52(48)57(56)40-18-5-2-6-19-40)59(53-27-15-29-55-58(53)50-26-13-14-28-54(50)60-55)42-32-30-38(31-33-42)51-36-41-20-7-8-21-44(41)45-22-9-10-24-47(45)51/h1-37H. The van der Waals surface area contributed by atoms with Crippen LogP contribution >= 0.6 is 0 Å². The van der Waals surface area contributed by atoms with Crippen LogP contribution in [0.15, 0.2) is 229 Å². The second-order valence-corrected chi connectivity index (χ2v) is 15.6. The largest absolute Gasteiger partial charge is 0.456 e. The van der Waals surface area contributed by atoms with Crippen LogP contribution in [0.25, 0.3) is 98.4 Å². The van der Waals surface area contributed by atoms with Crippen molar-refractivity contribution in [1.82, 2.24) is 0 Å². The molecular weight excluding hydrogens is 727 g/mol. The molecule has 2 heteroatoms. The Balaban J connectivity index is 1.13. The normalized spacial score (nSPS) is 11.7. The zero-order valence-electron chi connectivity index (χ0n) is 32.7. The number of nitrogens with zero attached hydrogens (tertiary/aromatic N) is 1. The third kappa shape index (κ3) is 5.42. The number of hydrogen-bond acceptors (Lipinski definition) is 2. The fourth-order valence-corrected chi connectivity index (χ4v) is 9.58. The van der Waals surface area contributed by atoms with Gasteiger partial charge in [0.25, 0.3) is 0 Å². The van der Waals surface area contributed by atoms with Crippen molar-refractivity contribution >= 4 is 82.1 Å². The summed E-state index contributed by atoms with van der Waals surface area (Å²) >= 11 is 0. The number of hydrogen-bond donors (Lipinski definition) is 0. The summed E-state index contributed by atoms with van der Waals surface area (Å²) in [5.74, 6) is 0. The fraction of sp³-hybridized carbons (Fsp3) is 0. The Kier molecular flexibility index (Phi) is 7.89. The zero-order valence-corrected chi connectivity index (χ0v) is 32.7. The molecule has 11 aromatic carbocycles. The van der Waals surface area contributed by atoms with Crippen molar-refractivity contribution in [3.05, 3.63) is 224 Å². The molecule has 0 bridgehead atoms. The van der Waals surface area contributed by atoms with Gasteiger partial charge in [0.2, 0.25) is 0 Å². The van der Waals surface area contributed by atoms with Gasteiger partial charge < -0.3 is 9.32 Å². The van der Waals surface area contributed by atoms with Gasteiger partial charge in [-0.2, -0.15) is 0 Å². The molecule has 280 valence electrons. The van der Waals surface area contributed by atoms with E-state index in [9.17, 15) is 0 Å². The van der Waals surface area contributed by atoms with E-state index < -0.39 is 0 Å². The van der Waals surface area contributed by atoms with Gasteiger partial charge in [-0.05, 0) is 125 Å². The van der Waals surface area contributed by atoms with E-state index in [1.807, 2.05) is 6.07 Å². The molecule has 0 aliphatic rings. The molecule has 60 heavy (non-hydrogen) atoms. The lowest BCUT2D eigenvalue weighted by Gasteiger charge is -2.28. The average Bonchev–Trinajstić information content (AvgIpc) is 3.71. The molecule has 2 nitrogen and oxygen atoms in total. The lowest BCUT2D eigenvalue weighted by Crippen LogP contribution is -2.10. The van der Waals surface area contributed by atoms with Crippen molar-refractivity contribution in [2.45, 2.75) is 0 Å². The van der Waals surface area contributed by atoms with Gasteiger partial charge in [0.15, 0.2) is 0 Å². The van der Waals surface area contributed by atoms with E-state index in [1.54, 1.807) is 0 Å². The van der Waals surface area contributed by atoms with Gasteiger partial charge in [-0.3, -0.25) is 0 Å². The van der Waals surface area contributed by atoms with Crippen LogP contribution in [0.3, 0.4) is 0 Å². The van der Waals surface area contributed by atoms with Crippen LogP contribution in [-0.2, 0) is 0 Å². The summed E-state index contributed by atoms with van der Waals surface area (Å²) in [5.41, 5.74) is 12.2. The van der Waals surface area contributed by atoms with Crippen molar-refractivity contribution in [1.29, 1.82) is 0 Å². The van der Waals surface area contributed by atoms with Crippen LogP contribution in [0.5, 0.6) is 0 Å². The van der Waals surface area contributed by atoms with Gasteiger partial charge in [0.05, 0.1) is 11.1 Å². The molecular formula is C58H37NO. The Morgan fingerprint density at radius 2 is 0.833 bits per heavy atom. The maximum absolute atomic E-state index is 6.50. The number of para-hydroxylation sites is 1. The Labute approximate surface area is 347 Å². The molecule has 0 saturated heterocycles. The molecule has 1 heterocycles. The van der Waals surface area contributed by atoms with Crippen LogP contribution < -0.4 is 4.90 Å². The second-order valence-electron chi connectivity index (χ2n) is 15.6. The molecule has 0 aliphatic carbocycles. The van der Waals surface area contributed by atoms with E-state index in [0.29, 0.717) is 0 Å². The number of anilines is 3. The summed E-state index contributed by atoms with van der Waals surface area (Å²) in [4.78, 5) is 2.41. The van der Waals surface area contributed by atoms with E-state index >= 15 is 0 Å². The summed E-state index contributed by atoms with van der Waals surface area (Å²) in [7, 11) is 0. The first kappa shape index (κ1) is 34.1. The highest BCUT2D eigenvalue weighted by Crippen LogP contribution is 2.49. The molecule has 12 rings (SSSR count). The number of fused-ring (bicyclic) bond motifs is 9. The molecule has 0 unspecified atom stereocenters. The molecule has 0 spiro atoms. The number of benzene rings is 11. The topological polar surface area (TPSA) is 16.4 Å². The van der Waals surface area contributed by atoms with Crippen molar-refractivity contribution in [3.63, 3.8) is 0 Å². The lowest BCUT2D eigenvalue weighted by atomic mass is 9.85. The minimum absolute atomic E-state index is 0.862. The van der Waals surface area contributed by atoms with Crippen LogP contribution in [0.4, 0.5) is 17.1 Å². The van der Waals surface area contributed by atoms with Crippen molar-refractivity contribution < 1.29 is 4.42 Å². The van der Waals surface area contributed by atoms with Crippen molar-refractivity contribution in [3.8, 4) is 33.4 Å². The monoisotopic (exact) mass is 763 g/mol. The third-order valence-corrected chi connectivity index (χ3v) is 12.2. The molecule has 1 aromatic heterocycles. The van der Waals surface area contributed by atoms with Gasteiger partial charge in [-0.1, -0.05) is 176 Å². The number of rotatable bonds is 6. The first-order valence-electron chi connectivity index (χ1n) is 20.6. The molecule has 0 radical (unpaired) electrons. The Hall–Kier alpha value is -7.94. The Morgan fingerprint density at radius 1 is 0.300 bits per heavy atom. The second kappa shape index (κ2) is 13.9. The van der Waals surface area contributed by atoms with E-state index in [1.165, 1.54) is 76.5 Å². The SMILES string of the molecule is c1ccc(-c2c(-c3ccccc3)c3cc(N(c4ccc(-c5cc6ccccc6c6ccccc56)cc4)c4cccc5oc6ccccc6c45)ccc3c3ccccc23)cc1. The maximum atomic E-state index is 6.50. The Morgan fingerprint density at radius 3 is 1.57 bits per heavy atom. The summed E-state index contributed by atoms with van der Waals surface area (Å²) in [5, 5.41) is 12.1. The minimum atomic E-state index is 0.862. The quantitative estimate of drug-likeness (QED) is 0.157. The van der Waals surface area contributed by atoms with E-state index in [0.717, 1.165) is 39.0 Å². The molecule has 0 N–H and O–H groups in total. The van der Waals surface area contributed by atoms with Crippen LogP contribution in [0.2, 0.25) is 0 Å². The van der Waals surface area contributed by atoms with Gasteiger partial charge in [0, 0.05) is 16.8 Å². The first-order chi connectivity index (χ1) is 29.8. The molecule has 12 aromatic rings. The average molecular weight is 764 g/mol. The van der Waals surface area contributed by atoms with Gasteiger partial charge in [-0.25, -0.2) is 0 Å². The van der Waals surface area contributed by atoms with Crippen LogP contribution in [0, 0.1) is 0 Å². The van der Waals surface area contributed by atoms with Crippen LogP contribution in [-0.4, -0.2) is 0 Å². The molecule has 0 saturated carbocycles. The summed E-state index contributed by atoms with van der Waals surface area (Å²) in [6.07, 6.45) is 0. The summed E-state index contributed by atoms with van der Waals surface area (Å²) < 4.78 is 6.50. The van der Waals surface area contributed by atoms with Crippen molar-refractivity contribution in [2.24, 2.45) is 0 Å². The highest BCUT2D eigenvalue weighted by molar-refractivity contribution is 6.23. The summed E-state index contributed by atoms with van der Waals surface area (Å²) in [6.45, 7) is 0. The molecule has 0 amide bonds. The molecule has 0 atom stereocenters. The van der Waals surface area contributed by atoms with E-state index in [-0.39, 0.29) is 0 Å². The van der Waals surface area contributed by atoms with Crippen LogP contribution in [0.1, 0.15) is 0 Å². The predicted octanol–water partition coefficient (Wildman–Crippen LogP) is 16.7. The summed E-state index contributed by atoms with van der Waals surface area (Å²) in [6, 6.07) is 81.3. The Bertz CT molecular complexity index is 3590.